The van der Waals surface area contributed by atoms with Gasteiger partial charge in [-0.1, -0.05) is 30.7 Å². The molecule has 1 N–H and O–H groups in total. The third-order valence-corrected chi connectivity index (χ3v) is 5.06. The predicted molar refractivity (Wildman–Crippen MR) is 97.8 cm³/mol. The minimum atomic E-state index is -3.96. The number of benzene rings is 2. The van der Waals surface area contributed by atoms with Crippen LogP contribution in [0, 0.1) is 11.6 Å². The van der Waals surface area contributed by atoms with Gasteiger partial charge in [-0.05, 0) is 36.8 Å². The Morgan fingerprint density at radius 3 is 2.38 bits per heavy atom. The Kier molecular flexibility index (Phi) is 6.20. The zero-order chi connectivity index (χ0) is 19.5. The van der Waals surface area contributed by atoms with Crippen molar-refractivity contribution in [1.29, 1.82) is 0 Å². The van der Waals surface area contributed by atoms with Crippen LogP contribution < -0.4 is 9.62 Å². The van der Waals surface area contributed by atoms with E-state index in [0.717, 1.165) is 22.7 Å². The normalized spacial score (nSPS) is 12.5. The Balaban J connectivity index is 2.40. The fourth-order valence-electron chi connectivity index (χ4n) is 2.47. The molecule has 0 radical (unpaired) electrons. The van der Waals surface area contributed by atoms with Crippen LogP contribution in [0.15, 0.2) is 42.5 Å². The topological polar surface area (TPSA) is 66.5 Å². The quantitative estimate of drug-likeness (QED) is 0.799. The molecular weight excluding hydrogens is 386 g/mol. The first kappa shape index (κ1) is 20.1. The van der Waals surface area contributed by atoms with Crippen molar-refractivity contribution in [3.05, 3.63) is 59.1 Å². The summed E-state index contributed by atoms with van der Waals surface area (Å²) in [6, 6.07) is 7.64. The number of amides is 1. The second-order valence-corrected chi connectivity index (χ2v) is 7.82. The number of nitrogens with zero attached hydrogens (tertiary/aromatic N) is 1. The molecule has 0 aromatic heterocycles. The average molecular weight is 403 g/mol. The lowest BCUT2D eigenvalue weighted by Gasteiger charge is -2.30. The number of carbonyl (C=O) groups is 1. The molecule has 2 rings (SSSR count). The lowest BCUT2D eigenvalue weighted by Crippen LogP contribution is -2.47. The lowest BCUT2D eigenvalue weighted by molar-refractivity contribution is -0.117. The zero-order valence-corrected chi connectivity index (χ0v) is 15.6. The highest BCUT2D eigenvalue weighted by Crippen LogP contribution is 2.26. The molecular formula is C17H17ClF2N2O3S. The Morgan fingerprint density at radius 2 is 1.85 bits per heavy atom. The summed E-state index contributed by atoms with van der Waals surface area (Å²) in [7, 11) is -3.96. The van der Waals surface area contributed by atoms with Crippen LogP contribution in [0.3, 0.4) is 0 Å². The molecule has 1 amide bonds. The first-order valence-corrected chi connectivity index (χ1v) is 9.87. The molecule has 2 aromatic rings. The largest absolute Gasteiger partial charge is 0.324 e. The van der Waals surface area contributed by atoms with Gasteiger partial charge in [0.25, 0.3) is 0 Å². The highest BCUT2D eigenvalue weighted by molar-refractivity contribution is 7.92. The van der Waals surface area contributed by atoms with E-state index in [1.165, 1.54) is 30.3 Å². The van der Waals surface area contributed by atoms with Crippen molar-refractivity contribution >= 4 is 38.9 Å². The lowest BCUT2D eigenvalue weighted by atomic mass is 10.1. The van der Waals surface area contributed by atoms with Crippen LogP contribution in [0.1, 0.15) is 13.3 Å². The molecule has 0 saturated carbocycles. The monoisotopic (exact) mass is 402 g/mol. The summed E-state index contributed by atoms with van der Waals surface area (Å²) in [5, 5.41) is 2.29. The van der Waals surface area contributed by atoms with Gasteiger partial charge in [-0.15, -0.1) is 0 Å². The van der Waals surface area contributed by atoms with Crippen molar-refractivity contribution in [2.75, 3.05) is 15.9 Å². The van der Waals surface area contributed by atoms with Gasteiger partial charge in [0.15, 0.2) is 0 Å². The highest BCUT2D eigenvalue weighted by atomic mass is 35.5. The van der Waals surface area contributed by atoms with E-state index in [1.807, 2.05) is 0 Å². The summed E-state index contributed by atoms with van der Waals surface area (Å²) in [5.41, 5.74) is -0.0315. The van der Waals surface area contributed by atoms with Gasteiger partial charge >= 0.3 is 0 Å². The molecule has 0 heterocycles. The zero-order valence-electron chi connectivity index (χ0n) is 14.0. The number of sulfonamides is 1. The summed E-state index contributed by atoms with van der Waals surface area (Å²) in [5.74, 6) is -2.11. The van der Waals surface area contributed by atoms with E-state index in [4.69, 9.17) is 11.6 Å². The van der Waals surface area contributed by atoms with Gasteiger partial charge in [-0.3, -0.25) is 9.10 Å². The van der Waals surface area contributed by atoms with Crippen molar-refractivity contribution in [3.63, 3.8) is 0 Å². The van der Waals surface area contributed by atoms with E-state index in [1.54, 1.807) is 6.92 Å². The van der Waals surface area contributed by atoms with Crippen LogP contribution in [0.2, 0.25) is 5.02 Å². The second-order valence-electron chi connectivity index (χ2n) is 5.55. The van der Waals surface area contributed by atoms with E-state index in [2.05, 4.69) is 5.32 Å². The molecule has 0 aliphatic rings. The molecule has 1 atom stereocenters. The minimum Gasteiger partial charge on any atom is -0.324 e. The van der Waals surface area contributed by atoms with Crippen LogP contribution in [-0.2, 0) is 14.8 Å². The van der Waals surface area contributed by atoms with Gasteiger partial charge < -0.3 is 5.32 Å². The van der Waals surface area contributed by atoms with Crippen molar-refractivity contribution < 1.29 is 22.0 Å². The predicted octanol–water partition coefficient (Wildman–Crippen LogP) is 3.80. The van der Waals surface area contributed by atoms with Crippen molar-refractivity contribution in [1.82, 2.24) is 0 Å². The first-order chi connectivity index (χ1) is 12.1. The Bertz CT molecular complexity index is 922. The van der Waals surface area contributed by atoms with Crippen molar-refractivity contribution in [2.45, 2.75) is 19.4 Å². The van der Waals surface area contributed by atoms with Crippen LogP contribution >= 0.6 is 11.6 Å². The number of carbonyl (C=O) groups excluding carboxylic acids is 1. The molecule has 9 heteroatoms. The number of nitrogens with one attached hydrogen (secondary N) is 1. The fourth-order valence-corrected chi connectivity index (χ4v) is 3.86. The summed E-state index contributed by atoms with van der Waals surface area (Å²) >= 11 is 5.68. The smallest absolute Gasteiger partial charge is 0.248 e. The SMILES string of the molecule is CC[C@@H](C(=O)Nc1ccc(F)c(Cl)c1)N(c1ccccc1F)S(C)(=O)=O. The second kappa shape index (κ2) is 8.01. The number of hydrogen-bond donors (Lipinski definition) is 1. The Morgan fingerprint density at radius 1 is 1.19 bits per heavy atom. The number of para-hydroxylation sites is 1. The molecule has 0 unspecified atom stereocenters. The third-order valence-electron chi connectivity index (χ3n) is 3.61. The van der Waals surface area contributed by atoms with E-state index in [-0.39, 0.29) is 22.8 Å². The van der Waals surface area contributed by atoms with Gasteiger partial charge in [0, 0.05) is 5.69 Å². The van der Waals surface area contributed by atoms with Crippen LogP contribution in [0.25, 0.3) is 0 Å². The molecule has 0 spiro atoms. The Labute approximate surface area is 155 Å². The van der Waals surface area contributed by atoms with Gasteiger partial charge in [0.05, 0.1) is 17.0 Å². The van der Waals surface area contributed by atoms with Gasteiger partial charge in [0.1, 0.15) is 17.7 Å². The van der Waals surface area contributed by atoms with Crippen LogP contribution in [0.4, 0.5) is 20.2 Å². The molecule has 0 saturated heterocycles. The fraction of sp³-hybridized carbons (Fsp3) is 0.235. The molecule has 0 bridgehead atoms. The van der Waals surface area contributed by atoms with E-state index >= 15 is 0 Å². The number of hydrogen-bond acceptors (Lipinski definition) is 3. The van der Waals surface area contributed by atoms with Gasteiger partial charge in [0.2, 0.25) is 15.9 Å². The van der Waals surface area contributed by atoms with E-state index in [0.29, 0.717) is 0 Å². The number of halogens is 3. The third kappa shape index (κ3) is 4.50. The van der Waals surface area contributed by atoms with E-state index < -0.39 is 33.6 Å². The summed E-state index contributed by atoms with van der Waals surface area (Å²) in [6.45, 7) is 1.60. The molecule has 0 fully saturated rings. The highest BCUT2D eigenvalue weighted by Gasteiger charge is 2.33. The van der Waals surface area contributed by atoms with Crippen LogP contribution in [0.5, 0.6) is 0 Å². The van der Waals surface area contributed by atoms with Crippen LogP contribution in [-0.4, -0.2) is 26.6 Å². The maximum absolute atomic E-state index is 14.2. The van der Waals surface area contributed by atoms with Crippen molar-refractivity contribution in [3.8, 4) is 0 Å². The maximum Gasteiger partial charge on any atom is 0.248 e. The summed E-state index contributed by atoms with van der Waals surface area (Å²) < 4.78 is 52.6. The van der Waals surface area contributed by atoms with E-state index in [9.17, 15) is 22.0 Å². The summed E-state index contributed by atoms with van der Waals surface area (Å²) in [6.07, 6.45) is 0.978. The van der Waals surface area contributed by atoms with Gasteiger partial charge in [-0.25, -0.2) is 17.2 Å². The number of anilines is 2. The number of rotatable bonds is 6. The molecule has 0 aliphatic carbocycles. The molecule has 5 nitrogen and oxygen atoms in total. The van der Waals surface area contributed by atoms with Crippen molar-refractivity contribution in [2.24, 2.45) is 0 Å². The average Bonchev–Trinajstić information content (AvgIpc) is 2.55. The summed E-state index contributed by atoms with van der Waals surface area (Å²) in [4.78, 5) is 12.6. The van der Waals surface area contributed by atoms with Gasteiger partial charge in [-0.2, -0.15) is 0 Å². The molecule has 140 valence electrons. The molecule has 0 aliphatic heterocycles. The Hall–Kier alpha value is -2.19. The standard InChI is InChI=1S/C17H17ClF2N2O3S/c1-3-15(17(23)21-11-8-9-13(19)12(18)10-11)22(26(2,24)25)16-7-5-4-6-14(16)20/h4-10,15H,3H2,1-2H3,(H,21,23)/t15-/m0/s1. The molecule has 2 aromatic carbocycles. The maximum atomic E-state index is 14.2. The minimum absolute atomic E-state index is 0.0855. The molecule has 26 heavy (non-hydrogen) atoms. The first-order valence-electron chi connectivity index (χ1n) is 7.65.